The molecule has 1 aliphatic rings. The van der Waals surface area contributed by atoms with Gasteiger partial charge in [0.15, 0.2) is 0 Å². The molecular formula is C20H22N4O5S. The van der Waals surface area contributed by atoms with Crippen molar-refractivity contribution < 1.29 is 13.2 Å². The largest absolute Gasteiger partial charge is 0.379 e. The highest BCUT2D eigenvalue weighted by Crippen LogP contribution is 2.17. The zero-order valence-corrected chi connectivity index (χ0v) is 17.0. The quantitative estimate of drug-likeness (QED) is 0.490. The molecule has 158 valence electrons. The van der Waals surface area contributed by atoms with E-state index in [0.717, 1.165) is 30.8 Å². The molecule has 0 spiro atoms. The van der Waals surface area contributed by atoms with Crippen molar-refractivity contribution in [3.63, 3.8) is 0 Å². The lowest BCUT2D eigenvalue weighted by Gasteiger charge is -2.27. The third kappa shape index (κ3) is 4.51. The molecule has 1 saturated heterocycles. The van der Waals surface area contributed by atoms with Gasteiger partial charge in [-0.15, -0.1) is 0 Å². The number of hydrogen-bond acceptors (Lipinski definition) is 6. The number of sulfonamides is 1. The van der Waals surface area contributed by atoms with Gasteiger partial charge in [0.05, 0.1) is 29.1 Å². The standard InChI is InChI=1S/C20H22N4O5S/c25-19-20(26)23-18-11-16(5-6-17(18)22-19)30(27,28)21-12-14-3-1-2-4-15(14)13-24-7-9-29-10-8-24/h1-6,11,21H,7-10,12-13H2,(H,22,25)(H,23,26). The maximum absolute atomic E-state index is 12.8. The van der Waals surface area contributed by atoms with E-state index in [4.69, 9.17) is 4.74 Å². The van der Waals surface area contributed by atoms with E-state index in [-0.39, 0.29) is 17.0 Å². The molecule has 0 unspecified atom stereocenters. The number of rotatable bonds is 6. The van der Waals surface area contributed by atoms with Gasteiger partial charge in [0.2, 0.25) is 10.0 Å². The van der Waals surface area contributed by atoms with Crippen LogP contribution in [0.1, 0.15) is 11.1 Å². The molecule has 0 saturated carbocycles. The fourth-order valence-electron chi connectivity index (χ4n) is 3.40. The lowest BCUT2D eigenvalue weighted by Crippen LogP contribution is -2.36. The Bertz CT molecular complexity index is 1280. The van der Waals surface area contributed by atoms with Gasteiger partial charge >= 0.3 is 11.1 Å². The summed E-state index contributed by atoms with van der Waals surface area (Å²) in [6, 6.07) is 11.9. The van der Waals surface area contributed by atoms with Gasteiger partial charge in [-0.25, -0.2) is 13.1 Å². The van der Waals surface area contributed by atoms with E-state index < -0.39 is 21.1 Å². The van der Waals surface area contributed by atoms with Crippen LogP contribution in [0.15, 0.2) is 56.9 Å². The van der Waals surface area contributed by atoms with Crippen molar-refractivity contribution >= 4 is 21.1 Å². The highest BCUT2D eigenvalue weighted by atomic mass is 32.2. The first-order chi connectivity index (χ1) is 14.4. The molecule has 3 aromatic rings. The van der Waals surface area contributed by atoms with Crippen molar-refractivity contribution in [1.29, 1.82) is 0 Å². The van der Waals surface area contributed by atoms with Crippen LogP contribution in [0.5, 0.6) is 0 Å². The molecule has 9 nitrogen and oxygen atoms in total. The second-order valence-corrected chi connectivity index (χ2v) is 8.86. The summed E-state index contributed by atoms with van der Waals surface area (Å²) in [5, 5.41) is 0. The minimum Gasteiger partial charge on any atom is -0.379 e. The predicted octanol–water partition coefficient (Wildman–Crippen LogP) is 0.527. The Morgan fingerprint density at radius 2 is 1.60 bits per heavy atom. The number of H-pyrrole nitrogens is 2. The van der Waals surface area contributed by atoms with Gasteiger partial charge < -0.3 is 14.7 Å². The number of hydrogen-bond donors (Lipinski definition) is 3. The maximum atomic E-state index is 12.8. The SMILES string of the molecule is O=c1[nH]c2ccc(S(=O)(=O)NCc3ccccc3CN3CCOCC3)cc2[nH]c1=O. The summed E-state index contributed by atoms with van der Waals surface area (Å²) in [5.41, 5.74) is 0.938. The van der Waals surface area contributed by atoms with E-state index in [2.05, 4.69) is 19.6 Å². The highest BCUT2D eigenvalue weighted by Gasteiger charge is 2.17. The minimum absolute atomic E-state index is 0.00311. The van der Waals surface area contributed by atoms with Crippen LogP contribution < -0.4 is 15.8 Å². The number of nitrogens with one attached hydrogen (secondary N) is 3. The fourth-order valence-corrected chi connectivity index (χ4v) is 4.43. The zero-order chi connectivity index (χ0) is 21.1. The average molecular weight is 430 g/mol. The van der Waals surface area contributed by atoms with Crippen molar-refractivity contribution in [2.45, 2.75) is 18.0 Å². The molecule has 0 amide bonds. The van der Waals surface area contributed by atoms with E-state index in [1.165, 1.54) is 18.2 Å². The van der Waals surface area contributed by atoms with E-state index in [9.17, 15) is 18.0 Å². The molecule has 0 atom stereocenters. The Kier molecular flexibility index (Phi) is 5.82. The Balaban J connectivity index is 1.53. The van der Waals surface area contributed by atoms with Crippen LogP contribution in [0.25, 0.3) is 11.0 Å². The van der Waals surface area contributed by atoms with Crippen molar-refractivity contribution in [2.24, 2.45) is 0 Å². The Morgan fingerprint density at radius 3 is 2.33 bits per heavy atom. The summed E-state index contributed by atoms with van der Waals surface area (Å²) in [4.78, 5) is 30.0. The molecule has 2 aromatic carbocycles. The van der Waals surface area contributed by atoms with E-state index >= 15 is 0 Å². The topological polar surface area (TPSA) is 124 Å². The van der Waals surface area contributed by atoms with Crippen molar-refractivity contribution in [3.8, 4) is 0 Å². The van der Waals surface area contributed by atoms with Crippen LogP contribution in [-0.2, 0) is 27.8 Å². The first-order valence-electron chi connectivity index (χ1n) is 9.55. The summed E-state index contributed by atoms with van der Waals surface area (Å²) in [6.45, 7) is 3.96. The summed E-state index contributed by atoms with van der Waals surface area (Å²) in [6.07, 6.45) is 0. The van der Waals surface area contributed by atoms with Gasteiger partial charge in [-0.2, -0.15) is 0 Å². The van der Waals surface area contributed by atoms with Crippen molar-refractivity contribution in [1.82, 2.24) is 19.6 Å². The van der Waals surface area contributed by atoms with Gasteiger partial charge in [0.25, 0.3) is 0 Å². The Hall–Kier alpha value is -2.79. The molecule has 0 radical (unpaired) electrons. The van der Waals surface area contributed by atoms with Gasteiger partial charge in [0.1, 0.15) is 0 Å². The summed E-state index contributed by atoms with van der Waals surface area (Å²) in [5.74, 6) is 0. The fraction of sp³-hybridized carbons (Fsp3) is 0.300. The summed E-state index contributed by atoms with van der Waals surface area (Å²) in [7, 11) is -3.82. The minimum atomic E-state index is -3.82. The molecule has 0 aliphatic carbocycles. The van der Waals surface area contributed by atoms with Crippen LogP contribution in [0.4, 0.5) is 0 Å². The molecule has 4 rings (SSSR count). The number of aromatic nitrogens is 2. The molecule has 30 heavy (non-hydrogen) atoms. The second-order valence-electron chi connectivity index (χ2n) is 7.10. The molecule has 0 bridgehead atoms. The van der Waals surface area contributed by atoms with Crippen molar-refractivity contribution in [3.05, 3.63) is 74.3 Å². The molecule has 1 aromatic heterocycles. The number of ether oxygens (including phenoxy) is 1. The zero-order valence-electron chi connectivity index (χ0n) is 16.2. The van der Waals surface area contributed by atoms with Crippen LogP contribution in [0.3, 0.4) is 0 Å². The smallest absolute Gasteiger partial charge is 0.314 e. The second kappa shape index (κ2) is 8.52. The number of morpholine rings is 1. The van der Waals surface area contributed by atoms with Gasteiger partial charge in [-0.3, -0.25) is 14.5 Å². The molecule has 1 fully saturated rings. The normalized spacial score (nSPS) is 15.5. The van der Waals surface area contributed by atoms with Crippen LogP contribution in [0.2, 0.25) is 0 Å². The number of nitrogens with zero attached hydrogens (tertiary/aromatic N) is 1. The molecule has 2 heterocycles. The number of benzene rings is 2. The molecule has 10 heteroatoms. The predicted molar refractivity (Wildman–Crippen MR) is 112 cm³/mol. The summed E-state index contributed by atoms with van der Waals surface area (Å²) >= 11 is 0. The maximum Gasteiger partial charge on any atom is 0.314 e. The third-order valence-corrected chi connectivity index (χ3v) is 6.47. The number of fused-ring (bicyclic) bond motifs is 1. The first-order valence-corrected chi connectivity index (χ1v) is 11.0. The lowest BCUT2D eigenvalue weighted by atomic mass is 10.1. The van der Waals surface area contributed by atoms with Crippen LogP contribution in [0, 0.1) is 0 Å². The number of aromatic amines is 2. The Labute approximate surface area is 172 Å². The van der Waals surface area contributed by atoms with Crippen LogP contribution in [-0.4, -0.2) is 49.6 Å². The van der Waals surface area contributed by atoms with Crippen molar-refractivity contribution in [2.75, 3.05) is 26.3 Å². The van der Waals surface area contributed by atoms with E-state index in [1.807, 2.05) is 24.3 Å². The van der Waals surface area contributed by atoms with E-state index in [1.54, 1.807) is 0 Å². The van der Waals surface area contributed by atoms with Gasteiger partial charge in [-0.1, -0.05) is 24.3 Å². The lowest BCUT2D eigenvalue weighted by molar-refractivity contribution is 0.0341. The molecule has 3 N–H and O–H groups in total. The molecule has 1 aliphatic heterocycles. The molecular weight excluding hydrogens is 408 g/mol. The average Bonchev–Trinajstić information content (AvgIpc) is 2.74. The van der Waals surface area contributed by atoms with E-state index in [0.29, 0.717) is 18.7 Å². The third-order valence-electron chi connectivity index (χ3n) is 5.07. The summed E-state index contributed by atoms with van der Waals surface area (Å²) < 4.78 is 33.6. The Morgan fingerprint density at radius 1 is 0.933 bits per heavy atom. The van der Waals surface area contributed by atoms with Crippen LogP contribution >= 0.6 is 0 Å². The van der Waals surface area contributed by atoms with Gasteiger partial charge in [-0.05, 0) is 29.3 Å². The van der Waals surface area contributed by atoms with Gasteiger partial charge in [0, 0.05) is 26.2 Å². The first kappa shape index (κ1) is 20.5. The highest BCUT2D eigenvalue weighted by molar-refractivity contribution is 7.89. The monoisotopic (exact) mass is 430 g/mol.